The molecule has 1 aliphatic rings. The average Bonchev–Trinajstić information content (AvgIpc) is 2.38. The predicted octanol–water partition coefficient (Wildman–Crippen LogP) is 2.18. The van der Waals surface area contributed by atoms with Gasteiger partial charge in [-0.1, -0.05) is 6.92 Å². The molecule has 1 N–H and O–H groups in total. The smallest absolute Gasteiger partial charge is 0.127 e. The van der Waals surface area contributed by atoms with Gasteiger partial charge in [-0.2, -0.15) is 5.26 Å². The van der Waals surface area contributed by atoms with Gasteiger partial charge < -0.3 is 10.1 Å². The third-order valence-corrected chi connectivity index (χ3v) is 3.29. The van der Waals surface area contributed by atoms with Crippen molar-refractivity contribution in [1.29, 1.82) is 5.26 Å². The number of hydrogen-bond donors (Lipinski definition) is 1. The van der Waals surface area contributed by atoms with Gasteiger partial charge in [0, 0.05) is 26.0 Å². The van der Waals surface area contributed by atoms with Crippen LogP contribution in [0, 0.1) is 16.7 Å². The number of nitrogens with zero attached hydrogens (tertiary/aromatic N) is 2. The predicted molar refractivity (Wildman–Crippen MR) is 65.6 cm³/mol. The molecule has 1 aliphatic heterocycles. The molecule has 0 aliphatic carbocycles. The highest BCUT2D eigenvalue weighted by atomic mass is 16.5. The van der Waals surface area contributed by atoms with Crippen LogP contribution in [0.5, 0.6) is 0 Å². The largest absolute Gasteiger partial charge is 0.381 e. The van der Waals surface area contributed by atoms with Crippen LogP contribution in [-0.2, 0) is 4.74 Å². The lowest BCUT2D eigenvalue weighted by Crippen LogP contribution is -2.33. The highest BCUT2D eigenvalue weighted by molar-refractivity contribution is 5.42. The first-order chi connectivity index (χ1) is 8.22. The van der Waals surface area contributed by atoms with Crippen LogP contribution in [0.1, 0.15) is 25.3 Å². The molecule has 0 radical (unpaired) electrons. The van der Waals surface area contributed by atoms with Crippen molar-refractivity contribution in [1.82, 2.24) is 4.98 Å². The molecule has 4 nitrogen and oxygen atoms in total. The zero-order chi connectivity index (χ0) is 12.1. The number of ether oxygens (including phenoxy) is 1. The van der Waals surface area contributed by atoms with Crippen molar-refractivity contribution >= 4 is 5.82 Å². The van der Waals surface area contributed by atoms with E-state index in [1.807, 2.05) is 0 Å². The monoisotopic (exact) mass is 231 g/mol. The summed E-state index contributed by atoms with van der Waals surface area (Å²) in [5.74, 6) is 0.775. The molecule has 17 heavy (non-hydrogen) atoms. The lowest BCUT2D eigenvalue weighted by Gasteiger charge is -2.33. The molecule has 1 fully saturated rings. The van der Waals surface area contributed by atoms with E-state index in [0.717, 1.165) is 38.4 Å². The zero-order valence-electron chi connectivity index (χ0n) is 10.1. The van der Waals surface area contributed by atoms with Crippen molar-refractivity contribution < 1.29 is 4.74 Å². The summed E-state index contributed by atoms with van der Waals surface area (Å²) in [4.78, 5) is 4.21. The van der Waals surface area contributed by atoms with Crippen molar-refractivity contribution in [3.63, 3.8) is 0 Å². The van der Waals surface area contributed by atoms with Crippen LogP contribution in [-0.4, -0.2) is 24.7 Å². The van der Waals surface area contributed by atoms with Gasteiger partial charge in [0.2, 0.25) is 0 Å². The van der Waals surface area contributed by atoms with Crippen LogP contribution < -0.4 is 5.32 Å². The van der Waals surface area contributed by atoms with E-state index >= 15 is 0 Å². The molecular formula is C13H17N3O. The quantitative estimate of drug-likeness (QED) is 0.866. The third-order valence-electron chi connectivity index (χ3n) is 3.29. The summed E-state index contributed by atoms with van der Waals surface area (Å²) < 4.78 is 5.37. The minimum atomic E-state index is 0.266. The molecule has 1 aromatic heterocycles. The standard InChI is InChI=1S/C13H17N3O/c1-13(3-6-17-7-4-13)10-16-12-8-11(9-14)2-5-15-12/h2,5,8H,3-4,6-7,10H2,1H3,(H,15,16). The van der Waals surface area contributed by atoms with E-state index in [1.54, 1.807) is 18.3 Å². The topological polar surface area (TPSA) is 57.9 Å². The van der Waals surface area contributed by atoms with E-state index in [4.69, 9.17) is 10.00 Å². The number of nitriles is 1. The maximum atomic E-state index is 8.81. The van der Waals surface area contributed by atoms with Gasteiger partial charge in [0.25, 0.3) is 0 Å². The van der Waals surface area contributed by atoms with Crippen LogP contribution in [0.15, 0.2) is 18.3 Å². The van der Waals surface area contributed by atoms with E-state index < -0.39 is 0 Å². The van der Waals surface area contributed by atoms with Gasteiger partial charge in [-0.15, -0.1) is 0 Å². The molecule has 0 saturated carbocycles. The minimum Gasteiger partial charge on any atom is -0.381 e. The second kappa shape index (κ2) is 5.15. The van der Waals surface area contributed by atoms with Crippen LogP contribution >= 0.6 is 0 Å². The molecule has 0 atom stereocenters. The molecule has 1 saturated heterocycles. The van der Waals surface area contributed by atoms with Gasteiger partial charge >= 0.3 is 0 Å². The fourth-order valence-electron chi connectivity index (χ4n) is 1.94. The maximum Gasteiger partial charge on any atom is 0.127 e. The first kappa shape index (κ1) is 11.9. The fraction of sp³-hybridized carbons (Fsp3) is 0.538. The van der Waals surface area contributed by atoms with Crippen molar-refractivity contribution in [3.05, 3.63) is 23.9 Å². The number of hydrogen-bond acceptors (Lipinski definition) is 4. The molecular weight excluding hydrogens is 214 g/mol. The molecule has 0 bridgehead atoms. The van der Waals surface area contributed by atoms with Gasteiger partial charge in [-0.05, 0) is 30.4 Å². The second-order valence-corrected chi connectivity index (χ2v) is 4.82. The van der Waals surface area contributed by atoms with E-state index in [-0.39, 0.29) is 5.41 Å². The SMILES string of the molecule is CC1(CNc2cc(C#N)ccn2)CCOCC1. The van der Waals surface area contributed by atoms with Crippen molar-refractivity contribution in [2.24, 2.45) is 5.41 Å². The highest BCUT2D eigenvalue weighted by Gasteiger charge is 2.27. The number of aromatic nitrogens is 1. The number of pyridine rings is 1. The normalized spacial score (nSPS) is 18.4. The molecule has 0 amide bonds. The second-order valence-electron chi connectivity index (χ2n) is 4.82. The Morgan fingerprint density at radius 1 is 1.53 bits per heavy atom. The number of nitrogens with one attached hydrogen (secondary N) is 1. The molecule has 90 valence electrons. The maximum absolute atomic E-state index is 8.81. The molecule has 0 unspecified atom stereocenters. The summed E-state index contributed by atoms with van der Waals surface area (Å²) >= 11 is 0. The van der Waals surface area contributed by atoms with Crippen LogP contribution in [0.4, 0.5) is 5.82 Å². The van der Waals surface area contributed by atoms with Crippen molar-refractivity contribution in [2.75, 3.05) is 25.1 Å². The van der Waals surface area contributed by atoms with E-state index in [1.165, 1.54) is 0 Å². The minimum absolute atomic E-state index is 0.266. The van der Waals surface area contributed by atoms with Gasteiger partial charge in [-0.3, -0.25) is 0 Å². The van der Waals surface area contributed by atoms with E-state index in [9.17, 15) is 0 Å². The molecule has 2 heterocycles. The number of rotatable bonds is 3. The van der Waals surface area contributed by atoms with Crippen molar-refractivity contribution in [2.45, 2.75) is 19.8 Å². The van der Waals surface area contributed by atoms with Crippen LogP contribution in [0.3, 0.4) is 0 Å². The Balaban J connectivity index is 1.95. The summed E-state index contributed by atoms with van der Waals surface area (Å²) in [6.45, 7) is 4.81. The first-order valence-electron chi connectivity index (χ1n) is 5.90. The zero-order valence-corrected chi connectivity index (χ0v) is 10.1. The summed E-state index contributed by atoms with van der Waals surface area (Å²) in [6, 6.07) is 5.60. The highest BCUT2D eigenvalue weighted by Crippen LogP contribution is 2.29. The lowest BCUT2D eigenvalue weighted by molar-refractivity contribution is 0.0300. The summed E-state index contributed by atoms with van der Waals surface area (Å²) in [5, 5.41) is 12.1. The molecule has 0 aromatic carbocycles. The third kappa shape index (κ3) is 3.18. The number of anilines is 1. The average molecular weight is 231 g/mol. The van der Waals surface area contributed by atoms with Crippen molar-refractivity contribution in [3.8, 4) is 6.07 Å². The lowest BCUT2D eigenvalue weighted by atomic mass is 9.82. The summed E-state index contributed by atoms with van der Waals surface area (Å²) in [5.41, 5.74) is 0.905. The fourth-order valence-corrected chi connectivity index (χ4v) is 1.94. The summed E-state index contributed by atoms with van der Waals surface area (Å²) in [6.07, 6.45) is 3.79. The van der Waals surface area contributed by atoms with Gasteiger partial charge in [0.1, 0.15) is 5.82 Å². The Kier molecular flexibility index (Phi) is 3.60. The van der Waals surface area contributed by atoms with Crippen LogP contribution in [0.25, 0.3) is 0 Å². The molecule has 1 aromatic rings. The Morgan fingerprint density at radius 2 is 2.29 bits per heavy atom. The molecule has 0 spiro atoms. The Morgan fingerprint density at radius 3 is 3.00 bits per heavy atom. The summed E-state index contributed by atoms with van der Waals surface area (Å²) in [7, 11) is 0. The van der Waals surface area contributed by atoms with Crippen LogP contribution in [0.2, 0.25) is 0 Å². The van der Waals surface area contributed by atoms with Gasteiger partial charge in [0.05, 0.1) is 11.6 Å². The molecule has 2 rings (SSSR count). The Hall–Kier alpha value is -1.60. The van der Waals surface area contributed by atoms with E-state index in [0.29, 0.717) is 5.56 Å². The Bertz CT molecular complexity index is 419. The Labute approximate surface area is 102 Å². The van der Waals surface area contributed by atoms with E-state index in [2.05, 4.69) is 23.3 Å². The van der Waals surface area contributed by atoms with Gasteiger partial charge in [0.15, 0.2) is 0 Å². The molecule has 4 heteroatoms. The van der Waals surface area contributed by atoms with Gasteiger partial charge in [-0.25, -0.2) is 4.98 Å². The first-order valence-corrected chi connectivity index (χ1v) is 5.90.